The van der Waals surface area contributed by atoms with E-state index in [1.807, 2.05) is 18.3 Å². The number of nitrogens with zero attached hydrogens (tertiary/aromatic N) is 1. The first-order valence-corrected chi connectivity index (χ1v) is 5.46. The molecule has 0 spiro atoms. The van der Waals surface area contributed by atoms with Crippen molar-refractivity contribution >= 4 is 0 Å². The lowest BCUT2D eigenvalue weighted by Gasteiger charge is -2.12. The highest BCUT2D eigenvalue weighted by Gasteiger charge is 2.00. The van der Waals surface area contributed by atoms with Gasteiger partial charge in [-0.05, 0) is 44.9 Å². The van der Waals surface area contributed by atoms with Crippen molar-refractivity contribution in [3.63, 3.8) is 0 Å². The van der Waals surface area contributed by atoms with Crippen LogP contribution in [-0.2, 0) is 6.42 Å². The van der Waals surface area contributed by atoms with Crippen molar-refractivity contribution in [1.29, 1.82) is 0 Å². The van der Waals surface area contributed by atoms with Crippen LogP contribution in [0.25, 0.3) is 0 Å². The number of aryl methyl sites for hydroxylation is 1. The summed E-state index contributed by atoms with van der Waals surface area (Å²) in [5.41, 5.74) is 1.19. The van der Waals surface area contributed by atoms with Crippen molar-refractivity contribution in [1.82, 2.24) is 10.3 Å². The largest absolute Gasteiger partial charge is 0.314 e. The molecule has 1 aromatic rings. The summed E-state index contributed by atoms with van der Waals surface area (Å²) in [5.74, 6) is 0. The highest BCUT2D eigenvalue weighted by molar-refractivity contribution is 5.03. The summed E-state index contributed by atoms with van der Waals surface area (Å²) in [5, 5.41) is 3.47. The second-order valence-corrected chi connectivity index (χ2v) is 3.71. The molecule has 0 amide bonds. The zero-order valence-corrected chi connectivity index (χ0v) is 9.16. The van der Waals surface area contributed by atoms with Crippen molar-refractivity contribution in [3.05, 3.63) is 30.1 Å². The number of aromatic nitrogens is 1. The maximum atomic E-state index is 4.30. The van der Waals surface area contributed by atoms with Crippen molar-refractivity contribution in [2.45, 2.75) is 39.2 Å². The van der Waals surface area contributed by atoms with Crippen LogP contribution in [0.3, 0.4) is 0 Å². The molecule has 14 heavy (non-hydrogen) atoms. The van der Waals surface area contributed by atoms with E-state index < -0.39 is 0 Å². The monoisotopic (exact) mass is 192 g/mol. The van der Waals surface area contributed by atoms with Gasteiger partial charge < -0.3 is 5.32 Å². The maximum absolute atomic E-state index is 4.30. The molecule has 0 fully saturated rings. The van der Waals surface area contributed by atoms with Gasteiger partial charge >= 0.3 is 0 Å². The molecule has 0 saturated carbocycles. The third-order valence-corrected chi connectivity index (χ3v) is 2.30. The predicted molar refractivity (Wildman–Crippen MR) is 60.3 cm³/mol. The molecule has 2 nitrogen and oxygen atoms in total. The Hall–Kier alpha value is -0.890. The molecule has 0 aromatic carbocycles. The van der Waals surface area contributed by atoms with E-state index in [0.29, 0.717) is 6.04 Å². The van der Waals surface area contributed by atoms with Crippen LogP contribution in [0.15, 0.2) is 24.4 Å². The van der Waals surface area contributed by atoms with Gasteiger partial charge in [-0.1, -0.05) is 13.0 Å². The van der Waals surface area contributed by atoms with E-state index in [-0.39, 0.29) is 0 Å². The lowest BCUT2D eigenvalue weighted by atomic mass is 10.1. The molecule has 1 rings (SSSR count). The van der Waals surface area contributed by atoms with Crippen LogP contribution < -0.4 is 5.32 Å². The molecule has 1 aromatic heterocycles. The number of hydrogen-bond donors (Lipinski definition) is 1. The molecule has 1 atom stereocenters. The van der Waals surface area contributed by atoms with Crippen LogP contribution in [-0.4, -0.2) is 17.6 Å². The minimum atomic E-state index is 0.594. The Kier molecular flexibility index (Phi) is 5.23. The van der Waals surface area contributed by atoms with Crippen LogP contribution in [0.1, 0.15) is 32.4 Å². The second kappa shape index (κ2) is 6.55. The summed E-state index contributed by atoms with van der Waals surface area (Å²) in [4.78, 5) is 4.30. The van der Waals surface area contributed by atoms with Gasteiger partial charge in [-0.15, -0.1) is 0 Å². The molecule has 0 saturated heterocycles. The minimum Gasteiger partial charge on any atom is -0.314 e. The van der Waals surface area contributed by atoms with Gasteiger partial charge in [0.25, 0.3) is 0 Å². The molecule has 0 aliphatic heterocycles. The van der Waals surface area contributed by atoms with Gasteiger partial charge in [-0.2, -0.15) is 0 Å². The minimum absolute atomic E-state index is 0.594. The van der Waals surface area contributed by atoms with E-state index in [4.69, 9.17) is 0 Å². The fourth-order valence-electron chi connectivity index (χ4n) is 1.40. The van der Waals surface area contributed by atoms with Crippen LogP contribution >= 0.6 is 0 Å². The standard InChI is InChI=1S/C12H20N2/c1-3-9-13-11(2)7-8-12-6-4-5-10-14-12/h4-6,10-11,13H,3,7-9H2,1-2H3. The first-order valence-electron chi connectivity index (χ1n) is 5.46. The van der Waals surface area contributed by atoms with Crippen LogP contribution in [0.4, 0.5) is 0 Å². The zero-order chi connectivity index (χ0) is 10.2. The van der Waals surface area contributed by atoms with Crippen LogP contribution in [0.2, 0.25) is 0 Å². The van der Waals surface area contributed by atoms with E-state index in [2.05, 4.69) is 30.2 Å². The van der Waals surface area contributed by atoms with Crippen molar-refractivity contribution in [2.24, 2.45) is 0 Å². The van der Waals surface area contributed by atoms with E-state index >= 15 is 0 Å². The summed E-state index contributed by atoms with van der Waals surface area (Å²) < 4.78 is 0. The topological polar surface area (TPSA) is 24.9 Å². The molecule has 1 heterocycles. The highest BCUT2D eigenvalue weighted by Crippen LogP contribution is 2.01. The Bertz CT molecular complexity index is 233. The van der Waals surface area contributed by atoms with E-state index in [9.17, 15) is 0 Å². The quantitative estimate of drug-likeness (QED) is 0.748. The molecular formula is C12H20N2. The third kappa shape index (κ3) is 4.38. The smallest absolute Gasteiger partial charge is 0.0404 e. The third-order valence-electron chi connectivity index (χ3n) is 2.30. The van der Waals surface area contributed by atoms with Crippen LogP contribution in [0, 0.1) is 0 Å². The molecule has 78 valence electrons. The fourth-order valence-corrected chi connectivity index (χ4v) is 1.40. The first-order chi connectivity index (χ1) is 6.83. The molecule has 2 heteroatoms. The number of hydrogen-bond acceptors (Lipinski definition) is 2. The predicted octanol–water partition coefficient (Wildman–Crippen LogP) is 2.40. The summed E-state index contributed by atoms with van der Waals surface area (Å²) in [6.45, 7) is 5.54. The van der Waals surface area contributed by atoms with E-state index in [0.717, 1.165) is 19.4 Å². The lowest BCUT2D eigenvalue weighted by molar-refractivity contribution is 0.511. The summed E-state index contributed by atoms with van der Waals surface area (Å²) in [6, 6.07) is 6.69. The van der Waals surface area contributed by atoms with Gasteiger partial charge in [0.2, 0.25) is 0 Å². The Balaban J connectivity index is 2.20. The van der Waals surface area contributed by atoms with E-state index in [1.54, 1.807) is 0 Å². The lowest BCUT2D eigenvalue weighted by Crippen LogP contribution is -2.27. The van der Waals surface area contributed by atoms with Crippen molar-refractivity contribution in [3.8, 4) is 0 Å². The molecular weight excluding hydrogens is 172 g/mol. The molecule has 1 N–H and O–H groups in total. The molecule has 0 aliphatic rings. The van der Waals surface area contributed by atoms with Gasteiger partial charge in [-0.3, -0.25) is 4.98 Å². The number of nitrogens with one attached hydrogen (secondary N) is 1. The average Bonchev–Trinajstić information content (AvgIpc) is 2.25. The zero-order valence-electron chi connectivity index (χ0n) is 9.16. The Morgan fingerprint density at radius 3 is 2.93 bits per heavy atom. The normalized spacial score (nSPS) is 12.7. The van der Waals surface area contributed by atoms with Crippen LogP contribution in [0.5, 0.6) is 0 Å². The van der Waals surface area contributed by atoms with Gasteiger partial charge in [0, 0.05) is 17.9 Å². The SMILES string of the molecule is CCCNC(C)CCc1ccccn1. The highest BCUT2D eigenvalue weighted by atomic mass is 14.9. The van der Waals surface area contributed by atoms with Crippen molar-refractivity contribution in [2.75, 3.05) is 6.54 Å². The van der Waals surface area contributed by atoms with Crippen molar-refractivity contribution < 1.29 is 0 Å². The molecule has 0 bridgehead atoms. The Labute approximate surface area is 86.8 Å². The maximum Gasteiger partial charge on any atom is 0.0404 e. The Morgan fingerprint density at radius 2 is 2.29 bits per heavy atom. The number of rotatable bonds is 6. The van der Waals surface area contributed by atoms with Gasteiger partial charge in [0.15, 0.2) is 0 Å². The Morgan fingerprint density at radius 1 is 1.43 bits per heavy atom. The van der Waals surface area contributed by atoms with E-state index in [1.165, 1.54) is 12.1 Å². The molecule has 0 aliphatic carbocycles. The summed E-state index contributed by atoms with van der Waals surface area (Å²) >= 11 is 0. The second-order valence-electron chi connectivity index (χ2n) is 3.71. The van der Waals surface area contributed by atoms with Gasteiger partial charge in [0.1, 0.15) is 0 Å². The summed E-state index contributed by atoms with van der Waals surface area (Å²) in [6.07, 6.45) is 5.29. The van der Waals surface area contributed by atoms with Gasteiger partial charge in [-0.25, -0.2) is 0 Å². The average molecular weight is 192 g/mol. The summed E-state index contributed by atoms with van der Waals surface area (Å²) in [7, 11) is 0. The molecule has 1 unspecified atom stereocenters. The number of pyridine rings is 1. The fraction of sp³-hybridized carbons (Fsp3) is 0.583. The van der Waals surface area contributed by atoms with Gasteiger partial charge in [0.05, 0.1) is 0 Å². The first kappa shape index (κ1) is 11.2. The molecule has 0 radical (unpaired) electrons.